The lowest BCUT2D eigenvalue weighted by atomic mass is 9.57. The Hall–Kier alpha value is -1.90. The molecule has 1 heterocycles. The number of aromatic nitrogens is 1. The molecule has 2 bridgehead atoms. The van der Waals surface area contributed by atoms with Gasteiger partial charge in [0.05, 0.1) is 0 Å². The molecule has 20 heavy (non-hydrogen) atoms. The van der Waals surface area contributed by atoms with Gasteiger partial charge in [-0.3, -0.25) is 9.78 Å². The Labute approximate surface area is 119 Å². The molecular formula is C17H20N2O. The molecule has 3 nitrogen and oxygen atoms in total. The number of hydrogen-bond acceptors (Lipinski definition) is 2. The summed E-state index contributed by atoms with van der Waals surface area (Å²) in [6, 6.07) is 4.02. The number of carbonyl (C=O) groups excluding carboxylic acids is 1. The highest BCUT2D eigenvalue weighted by Gasteiger charge is 2.50. The van der Waals surface area contributed by atoms with Crippen molar-refractivity contribution in [2.45, 2.75) is 39.0 Å². The third-order valence-electron chi connectivity index (χ3n) is 4.64. The van der Waals surface area contributed by atoms with Crippen LogP contribution in [0, 0.1) is 12.8 Å². The van der Waals surface area contributed by atoms with Crippen LogP contribution in [0.15, 0.2) is 35.4 Å². The van der Waals surface area contributed by atoms with Crippen LogP contribution < -0.4 is 5.73 Å². The van der Waals surface area contributed by atoms with Gasteiger partial charge in [0, 0.05) is 23.7 Å². The van der Waals surface area contributed by atoms with Crippen LogP contribution in [-0.4, -0.2) is 10.9 Å². The summed E-state index contributed by atoms with van der Waals surface area (Å²) < 4.78 is 0. The van der Waals surface area contributed by atoms with Gasteiger partial charge >= 0.3 is 0 Å². The molecule has 0 radical (unpaired) electrons. The van der Waals surface area contributed by atoms with E-state index in [2.05, 4.69) is 24.1 Å². The molecule has 0 spiro atoms. The Morgan fingerprint density at radius 2 is 2.20 bits per heavy atom. The van der Waals surface area contributed by atoms with Gasteiger partial charge in [-0.15, -0.1) is 0 Å². The SMILES string of the molecule is C/C=C1\[C@H]2C=C(C)C[C@]1(C(N)=O)c1ccc(C)nc1C2. The smallest absolute Gasteiger partial charge is 0.232 e. The second-order valence-electron chi connectivity index (χ2n) is 5.96. The van der Waals surface area contributed by atoms with Crippen LogP contribution in [0.25, 0.3) is 0 Å². The molecule has 2 N–H and O–H groups in total. The first-order valence-electron chi connectivity index (χ1n) is 7.10. The number of hydrogen-bond donors (Lipinski definition) is 1. The summed E-state index contributed by atoms with van der Waals surface area (Å²) in [5, 5.41) is 0. The highest BCUT2D eigenvalue weighted by molar-refractivity contribution is 5.92. The van der Waals surface area contributed by atoms with Gasteiger partial charge in [-0.05, 0) is 44.4 Å². The molecule has 2 atom stereocenters. The van der Waals surface area contributed by atoms with E-state index < -0.39 is 5.41 Å². The van der Waals surface area contributed by atoms with Crippen molar-refractivity contribution in [1.29, 1.82) is 0 Å². The van der Waals surface area contributed by atoms with Crippen molar-refractivity contribution in [1.82, 2.24) is 4.98 Å². The van der Waals surface area contributed by atoms with Gasteiger partial charge in [0.1, 0.15) is 5.41 Å². The summed E-state index contributed by atoms with van der Waals surface area (Å²) in [6.45, 7) is 6.07. The minimum atomic E-state index is -0.688. The van der Waals surface area contributed by atoms with Crippen molar-refractivity contribution in [3.05, 3.63) is 52.4 Å². The van der Waals surface area contributed by atoms with E-state index in [1.165, 1.54) is 5.57 Å². The fourth-order valence-corrected chi connectivity index (χ4v) is 3.93. The summed E-state index contributed by atoms with van der Waals surface area (Å²) in [5.74, 6) is -0.00213. The summed E-state index contributed by atoms with van der Waals surface area (Å²) in [4.78, 5) is 17.0. The average molecular weight is 268 g/mol. The standard InChI is InChI=1S/C17H20N2O/c1-4-13-12-7-10(2)9-17(13,16(18)20)14-6-5-11(3)19-15(14)8-12/h4-7,12H,8-9H2,1-3H3,(H2,18,20)/b13-4+/t12-,17+/m0/s1. The van der Waals surface area contributed by atoms with Gasteiger partial charge < -0.3 is 5.73 Å². The van der Waals surface area contributed by atoms with Crippen LogP contribution in [0.1, 0.15) is 37.2 Å². The lowest BCUT2D eigenvalue weighted by Crippen LogP contribution is -2.50. The summed E-state index contributed by atoms with van der Waals surface area (Å²) in [7, 11) is 0. The number of aryl methyl sites for hydroxylation is 1. The molecule has 0 aromatic carbocycles. The van der Waals surface area contributed by atoms with E-state index in [1.54, 1.807) is 0 Å². The number of nitrogens with zero attached hydrogens (tertiary/aromatic N) is 1. The Kier molecular flexibility index (Phi) is 2.82. The summed E-state index contributed by atoms with van der Waals surface area (Å²) >= 11 is 0. The summed E-state index contributed by atoms with van der Waals surface area (Å²) in [6.07, 6.45) is 5.88. The molecule has 1 aromatic heterocycles. The molecular weight excluding hydrogens is 248 g/mol. The third kappa shape index (κ3) is 1.59. The Morgan fingerprint density at radius 1 is 1.45 bits per heavy atom. The number of fused-ring (bicyclic) bond motifs is 4. The number of allylic oxidation sites excluding steroid dienone is 3. The van der Waals surface area contributed by atoms with E-state index in [4.69, 9.17) is 5.73 Å². The normalized spacial score (nSPS) is 29.9. The second-order valence-corrected chi connectivity index (χ2v) is 5.96. The maximum Gasteiger partial charge on any atom is 0.232 e. The maximum absolute atomic E-state index is 12.4. The Balaban J connectivity index is 2.34. The molecule has 2 aliphatic rings. The second kappa shape index (κ2) is 4.30. The molecule has 0 saturated heterocycles. The number of rotatable bonds is 1. The highest BCUT2D eigenvalue weighted by atomic mass is 16.1. The van der Waals surface area contributed by atoms with Crippen molar-refractivity contribution in [3.8, 4) is 0 Å². The van der Waals surface area contributed by atoms with Crippen molar-refractivity contribution in [2.24, 2.45) is 11.7 Å². The van der Waals surface area contributed by atoms with Crippen LogP contribution in [0.3, 0.4) is 0 Å². The number of primary amides is 1. The Bertz CT molecular complexity index is 657. The summed E-state index contributed by atoms with van der Waals surface area (Å²) in [5.41, 5.74) is 10.6. The van der Waals surface area contributed by atoms with E-state index >= 15 is 0 Å². The molecule has 1 amide bonds. The lowest BCUT2D eigenvalue weighted by molar-refractivity contribution is -0.122. The zero-order valence-corrected chi connectivity index (χ0v) is 12.2. The molecule has 3 heteroatoms. The first kappa shape index (κ1) is 13.1. The van der Waals surface area contributed by atoms with Crippen LogP contribution in [0.4, 0.5) is 0 Å². The fraction of sp³-hybridized carbons (Fsp3) is 0.412. The van der Waals surface area contributed by atoms with Crippen LogP contribution in [-0.2, 0) is 16.6 Å². The fourth-order valence-electron chi connectivity index (χ4n) is 3.93. The van der Waals surface area contributed by atoms with E-state index in [1.807, 2.05) is 26.0 Å². The van der Waals surface area contributed by atoms with Gasteiger partial charge in [-0.25, -0.2) is 0 Å². The number of carbonyl (C=O) groups is 1. The quantitative estimate of drug-likeness (QED) is 0.796. The highest BCUT2D eigenvalue weighted by Crippen LogP contribution is 2.51. The largest absolute Gasteiger partial charge is 0.369 e. The first-order valence-corrected chi connectivity index (χ1v) is 7.10. The molecule has 2 aliphatic carbocycles. The molecule has 0 saturated carbocycles. The lowest BCUT2D eigenvalue weighted by Gasteiger charge is -2.45. The van der Waals surface area contributed by atoms with Gasteiger partial charge in [0.2, 0.25) is 5.91 Å². The topological polar surface area (TPSA) is 56.0 Å². The van der Waals surface area contributed by atoms with E-state index in [0.29, 0.717) is 6.42 Å². The minimum Gasteiger partial charge on any atom is -0.369 e. The molecule has 0 fully saturated rings. The molecule has 0 unspecified atom stereocenters. The van der Waals surface area contributed by atoms with Crippen molar-refractivity contribution in [2.75, 3.05) is 0 Å². The van der Waals surface area contributed by atoms with Crippen molar-refractivity contribution in [3.63, 3.8) is 0 Å². The van der Waals surface area contributed by atoms with Crippen molar-refractivity contribution >= 4 is 5.91 Å². The van der Waals surface area contributed by atoms with Gasteiger partial charge in [0.15, 0.2) is 0 Å². The minimum absolute atomic E-state index is 0.253. The molecule has 104 valence electrons. The Morgan fingerprint density at radius 3 is 2.85 bits per heavy atom. The monoisotopic (exact) mass is 268 g/mol. The van der Waals surface area contributed by atoms with E-state index in [0.717, 1.165) is 28.9 Å². The van der Waals surface area contributed by atoms with E-state index in [9.17, 15) is 4.79 Å². The van der Waals surface area contributed by atoms with E-state index in [-0.39, 0.29) is 11.8 Å². The first-order chi connectivity index (χ1) is 9.49. The van der Waals surface area contributed by atoms with Gasteiger partial charge in [-0.1, -0.05) is 23.8 Å². The maximum atomic E-state index is 12.4. The van der Waals surface area contributed by atoms with Crippen LogP contribution in [0.5, 0.6) is 0 Å². The number of nitrogens with two attached hydrogens (primary N) is 1. The van der Waals surface area contributed by atoms with Crippen molar-refractivity contribution < 1.29 is 4.79 Å². The third-order valence-corrected chi connectivity index (χ3v) is 4.64. The zero-order valence-electron chi connectivity index (χ0n) is 12.2. The predicted molar refractivity (Wildman–Crippen MR) is 79.2 cm³/mol. The number of amides is 1. The zero-order chi connectivity index (χ0) is 14.5. The number of pyridine rings is 1. The van der Waals surface area contributed by atoms with Gasteiger partial charge in [0.25, 0.3) is 0 Å². The molecule has 3 rings (SSSR count). The van der Waals surface area contributed by atoms with Crippen LogP contribution >= 0.6 is 0 Å². The van der Waals surface area contributed by atoms with Crippen LogP contribution in [0.2, 0.25) is 0 Å². The predicted octanol–water partition coefficient (Wildman–Crippen LogP) is 2.58. The average Bonchev–Trinajstić information content (AvgIpc) is 2.36. The molecule has 1 aromatic rings. The molecule has 0 aliphatic heterocycles. The van der Waals surface area contributed by atoms with Gasteiger partial charge in [-0.2, -0.15) is 0 Å².